The van der Waals surface area contributed by atoms with Gasteiger partial charge in [0.2, 0.25) is 5.91 Å². The maximum Gasteiger partial charge on any atom is 0.317 e. The molecule has 5 heteroatoms. The van der Waals surface area contributed by atoms with Gasteiger partial charge in [-0.3, -0.25) is 4.79 Å². The van der Waals surface area contributed by atoms with Crippen molar-refractivity contribution in [3.05, 3.63) is 12.2 Å². The number of urea groups is 1. The molecule has 1 fully saturated rings. The van der Waals surface area contributed by atoms with Crippen molar-refractivity contribution in [1.29, 1.82) is 0 Å². The third kappa shape index (κ3) is 3.99. The zero-order valence-corrected chi connectivity index (χ0v) is 12.5. The molecule has 1 N–H and O–H groups in total. The molecule has 2 rings (SSSR count). The van der Waals surface area contributed by atoms with Gasteiger partial charge in [0, 0.05) is 39.6 Å². The Morgan fingerprint density at radius 1 is 1.20 bits per heavy atom. The SMILES string of the molecule is CN(C)C(=O)CC1CCN(C(=O)NC2CC=CC2)CC1. The Bertz CT molecular complexity index is 377. The maximum absolute atomic E-state index is 12.1. The molecule has 5 nitrogen and oxygen atoms in total. The number of nitrogens with one attached hydrogen (secondary N) is 1. The first-order valence-corrected chi connectivity index (χ1v) is 7.47. The standard InChI is InChI=1S/C15H25N3O2/c1-17(2)14(19)11-12-7-9-18(10-8-12)15(20)16-13-5-3-4-6-13/h3-4,12-13H,5-11H2,1-2H3,(H,16,20). The second kappa shape index (κ2) is 6.77. The molecule has 1 aliphatic heterocycles. The van der Waals surface area contributed by atoms with Crippen molar-refractivity contribution in [3.63, 3.8) is 0 Å². The van der Waals surface area contributed by atoms with E-state index in [1.54, 1.807) is 19.0 Å². The summed E-state index contributed by atoms with van der Waals surface area (Å²) in [5.41, 5.74) is 0. The van der Waals surface area contributed by atoms with E-state index in [2.05, 4.69) is 17.5 Å². The largest absolute Gasteiger partial charge is 0.349 e. The van der Waals surface area contributed by atoms with Gasteiger partial charge in [0.25, 0.3) is 0 Å². The number of hydrogen-bond acceptors (Lipinski definition) is 2. The van der Waals surface area contributed by atoms with Crippen molar-refractivity contribution in [3.8, 4) is 0 Å². The van der Waals surface area contributed by atoms with Crippen LogP contribution in [0.1, 0.15) is 32.1 Å². The molecule has 0 aromatic heterocycles. The fourth-order valence-electron chi connectivity index (χ4n) is 2.77. The molecular formula is C15H25N3O2. The third-order valence-electron chi connectivity index (χ3n) is 4.20. The number of piperidine rings is 1. The number of hydrogen-bond donors (Lipinski definition) is 1. The molecule has 112 valence electrons. The molecule has 2 aliphatic rings. The number of carbonyl (C=O) groups excluding carboxylic acids is 2. The average Bonchev–Trinajstić information content (AvgIpc) is 2.92. The summed E-state index contributed by atoms with van der Waals surface area (Å²) in [4.78, 5) is 27.3. The zero-order chi connectivity index (χ0) is 14.5. The van der Waals surface area contributed by atoms with Crippen LogP contribution in [-0.2, 0) is 4.79 Å². The van der Waals surface area contributed by atoms with Gasteiger partial charge in [0.05, 0.1) is 0 Å². The molecule has 0 atom stereocenters. The van der Waals surface area contributed by atoms with Crippen molar-refractivity contribution in [2.75, 3.05) is 27.2 Å². The molecule has 20 heavy (non-hydrogen) atoms. The monoisotopic (exact) mass is 279 g/mol. The minimum atomic E-state index is 0.0519. The van der Waals surface area contributed by atoms with E-state index < -0.39 is 0 Å². The van der Waals surface area contributed by atoms with Crippen LogP contribution in [0.25, 0.3) is 0 Å². The Morgan fingerprint density at radius 2 is 1.80 bits per heavy atom. The van der Waals surface area contributed by atoms with Gasteiger partial charge in [-0.1, -0.05) is 12.2 Å². The minimum Gasteiger partial charge on any atom is -0.349 e. The second-order valence-electron chi connectivity index (χ2n) is 6.01. The molecule has 0 unspecified atom stereocenters. The van der Waals surface area contributed by atoms with Crippen LogP contribution in [0.4, 0.5) is 4.79 Å². The predicted octanol–water partition coefficient (Wildman–Crippen LogP) is 1.60. The molecule has 1 heterocycles. The molecule has 0 saturated carbocycles. The summed E-state index contributed by atoms with van der Waals surface area (Å²) >= 11 is 0. The van der Waals surface area contributed by atoms with Gasteiger partial charge in [-0.25, -0.2) is 4.79 Å². The van der Waals surface area contributed by atoms with E-state index in [1.165, 1.54) is 0 Å². The molecule has 0 spiro atoms. The van der Waals surface area contributed by atoms with E-state index in [0.29, 0.717) is 12.3 Å². The highest BCUT2D eigenvalue weighted by Crippen LogP contribution is 2.21. The Morgan fingerprint density at radius 3 is 2.35 bits per heavy atom. The van der Waals surface area contributed by atoms with Crippen LogP contribution in [0.2, 0.25) is 0 Å². The molecule has 1 aliphatic carbocycles. The molecule has 0 radical (unpaired) electrons. The van der Waals surface area contributed by atoms with E-state index in [4.69, 9.17) is 0 Å². The quantitative estimate of drug-likeness (QED) is 0.798. The lowest BCUT2D eigenvalue weighted by molar-refractivity contribution is -0.129. The lowest BCUT2D eigenvalue weighted by Gasteiger charge is -2.33. The molecule has 1 saturated heterocycles. The van der Waals surface area contributed by atoms with Crippen molar-refractivity contribution < 1.29 is 9.59 Å². The highest BCUT2D eigenvalue weighted by Gasteiger charge is 2.26. The zero-order valence-electron chi connectivity index (χ0n) is 12.5. The topological polar surface area (TPSA) is 52.7 Å². The van der Waals surface area contributed by atoms with Gasteiger partial charge in [-0.15, -0.1) is 0 Å². The number of carbonyl (C=O) groups is 2. The Balaban J connectivity index is 1.70. The van der Waals surface area contributed by atoms with Crippen LogP contribution in [-0.4, -0.2) is 55.0 Å². The predicted molar refractivity (Wildman–Crippen MR) is 78.3 cm³/mol. The smallest absolute Gasteiger partial charge is 0.317 e. The lowest BCUT2D eigenvalue weighted by atomic mass is 9.93. The van der Waals surface area contributed by atoms with Crippen LogP contribution < -0.4 is 5.32 Å². The number of nitrogens with zero attached hydrogens (tertiary/aromatic N) is 2. The Kier molecular flexibility index (Phi) is 5.04. The van der Waals surface area contributed by atoms with Crippen LogP contribution in [0, 0.1) is 5.92 Å². The molecule has 3 amide bonds. The highest BCUT2D eigenvalue weighted by atomic mass is 16.2. The highest BCUT2D eigenvalue weighted by molar-refractivity contribution is 5.76. The van der Waals surface area contributed by atoms with Crippen molar-refractivity contribution in [2.24, 2.45) is 5.92 Å². The molecule has 0 aromatic rings. The number of amides is 3. The summed E-state index contributed by atoms with van der Waals surface area (Å²) in [6.45, 7) is 1.52. The summed E-state index contributed by atoms with van der Waals surface area (Å²) in [5.74, 6) is 0.604. The van der Waals surface area contributed by atoms with Crippen molar-refractivity contribution in [1.82, 2.24) is 15.1 Å². The van der Waals surface area contributed by atoms with Crippen LogP contribution in [0.3, 0.4) is 0 Å². The fraction of sp³-hybridized carbons (Fsp3) is 0.733. The molecule has 0 aromatic carbocycles. The molecule has 0 bridgehead atoms. The van der Waals surface area contributed by atoms with Crippen LogP contribution >= 0.6 is 0 Å². The number of rotatable bonds is 3. The van der Waals surface area contributed by atoms with Gasteiger partial charge in [-0.05, 0) is 31.6 Å². The van der Waals surface area contributed by atoms with E-state index in [-0.39, 0.29) is 18.0 Å². The van der Waals surface area contributed by atoms with E-state index in [0.717, 1.165) is 38.8 Å². The minimum absolute atomic E-state index is 0.0519. The maximum atomic E-state index is 12.1. The Hall–Kier alpha value is -1.52. The van der Waals surface area contributed by atoms with Gasteiger partial charge < -0.3 is 15.1 Å². The first-order chi connectivity index (χ1) is 9.56. The van der Waals surface area contributed by atoms with Gasteiger partial charge in [0.1, 0.15) is 0 Å². The first kappa shape index (κ1) is 14.9. The van der Waals surface area contributed by atoms with E-state index in [1.807, 2.05) is 4.90 Å². The van der Waals surface area contributed by atoms with Crippen LogP contribution in [0.5, 0.6) is 0 Å². The van der Waals surface area contributed by atoms with Gasteiger partial charge in [0.15, 0.2) is 0 Å². The Labute approximate surface area is 121 Å². The van der Waals surface area contributed by atoms with Crippen LogP contribution in [0.15, 0.2) is 12.2 Å². The fourth-order valence-corrected chi connectivity index (χ4v) is 2.77. The van der Waals surface area contributed by atoms with Crippen molar-refractivity contribution >= 4 is 11.9 Å². The third-order valence-corrected chi connectivity index (χ3v) is 4.20. The van der Waals surface area contributed by atoms with Crippen molar-refractivity contribution in [2.45, 2.75) is 38.1 Å². The molecular weight excluding hydrogens is 254 g/mol. The summed E-state index contributed by atoms with van der Waals surface area (Å²) in [6.07, 6.45) is 8.58. The summed E-state index contributed by atoms with van der Waals surface area (Å²) in [5, 5.41) is 3.07. The second-order valence-corrected chi connectivity index (χ2v) is 6.01. The average molecular weight is 279 g/mol. The summed E-state index contributed by atoms with van der Waals surface area (Å²) in [6, 6.07) is 0.326. The normalized spacial score (nSPS) is 20.2. The van der Waals surface area contributed by atoms with E-state index in [9.17, 15) is 9.59 Å². The number of likely N-dealkylation sites (tertiary alicyclic amines) is 1. The first-order valence-electron chi connectivity index (χ1n) is 7.47. The summed E-state index contributed by atoms with van der Waals surface area (Å²) in [7, 11) is 3.58. The van der Waals surface area contributed by atoms with E-state index >= 15 is 0 Å². The lowest BCUT2D eigenvalue weighted by Crippen LogP contribution is -2.47. The van der Waals surface area contributed by atoms with Gasteiger partial charge >= 0.3 is 6.03 Å². The summed E-state index contributed by atoms with van der Waals surface area (Å²) < 4.78 is 0. The van der Waals surface area contributed by atoms with Gasteiger partial charge in [-0.2, -0.15) is 0 Å².